The lowest BCUT2D eigenvalue weighted by atomic mass is 10.1. The van der Waals surface area contributed by atoms with Gasteiger partial charge in [0, 0.05) is 5.56 Å². The van der Waals surface area contributed by atoms with E-state index in [1.807, 2.05) is 0 Å². The molecule has 0 amide bonds. The number of esters is 1. The quantitative estimate of drug-likeness (QED) is 0.473. The third-order valence-electron chi connectivity index (χ3n) is 3.26. The summed E-state index contributed by atoms with van der Waals surface area (Å²) < 4.78 is 9.62. The molecule has 2 aromatic carbocycles. The second kappa shape index (κ2) is 8.44. The smallest absolute Gasteiger partial charge is 0.341 e. The number of carboxylic acid groups (broad SMARTS) is 1. The average Bonchev–Trinajstić information content (AvgIpc) is 2.64. The van der Waals surface area contributed by atoms with Gasteiger partial charge in [0.15, 0.2) is 12.4 Å². The zero-order chi connectivity index (χ0) is 18.2. The summed E-state index contributed by atoms with van der Waals surface area (Å²) >= 11 is 0. The van der Waals surface area contributed by atoms with E-state index in [4.69, 9.17) is 9.84 Å². The van der Waals surface area contributed by atoms with Crippen molar-refractivity contribution in [2.24, 2.45) is 0 Å². The lowest BCUT2D eigenvalue weighted by Crippen LogP contribution is -2.09. The van der Waals surface area contributed by atoms with Crippen LogP contribution in [0.5, 0.6) is 5.75 Å². The van der Waals surface area contributed by atoms with Gasteiger partial charge in [-0.1, -0.05) is 18.2 Å². The minimum Gasteiger partial charge on any atom is -0.482 e. The Bertz CT molecular complexity index is 788. The molecule has 0 atom stereocenters. The summed E-state index contributed by atoms with van der Waals surface area (Å²) in [5.74, 6) is -1.32. The summed E-state index contributed by atoms with van der Waals surface area (Å²) in [6.07, 6.45) is 3.05. The molecule has 2 aromatic rings. The maximum absolute atomic E-state index is 12.1. The third kappa shape index (κ3) is 5.31. The highest BCUT2D eigenvalue weighted by molar-refractivity contribution is 6.06. The minimum atomic E-state index is -1.07. The van der Waals surface area contributed by atoms with Gasteiger partial charge in [0.1, 0.15) is 5.75 Å². The highest BCUT2D eigenvalue weighted by atomic mass is 16.5. The van der Waals surface area contributed by atoms with Crippen molar-refractivity contribution >= 4 is 23.8 Å². The zero-order valence-electron chi connectivity index (χ0n) is 13.5. The number of ketones is 1. The number of benzene rings is 2. The molecule has 0 spiro atoms. The molecule has 1 N–H and O–H groups in total. The van der Waals surface area contributed by atoms with Crippen molar-refractivity contribution in [3.05, 3.63) is 71.3 Å². The summed E-state index contributed by atoms with van der Waals surface area (Å²) in [6, 6.07) is 12.8. The Hall–Kier alpha value is -3.41. The number of carboxylic acids is 1. The second-order valence-corrected chi connectivity index (χ2v) is 5.02. The van der Waals surface area contributed by atoms with Crippen LogP contribution >= 0.6 is 0 Å². The predicted octanol–water partition coefficient (Wildman–Crippen LogP) is 2.83. The molecular formula is C19H16O6. The first-order valence-electron chi connectivity index (χ1n) is 7.35. The fourth-order valence-electron chi connectivity index (χ4n) is 1.98. The van der Waals surface area contributed by atoms with E-state index >= 15 is 0 Å². The first kappa shape index (κ1) is 17.9. The van der Waals surface area contributed by atoms with Crippen molar-refractivity contribution in [2.45, 2.75) is 0 Å². The first-order valence-corrected chi connectivity index (χ1v) is 7.35. The Morgan fingerprint density at radius 2 is 1.56 bits per heavy atom. The minimum absolute atomic E-state index is 0.207. The Kier molecular flexibility index (Phi) is 6.06. The zero-order valence-corrected chi connectivity index (χ0v) is 13.5. The second-order valence-electron chi connectivity index (χ2n) is 5.02. The van der Waals surface area contributed by atoms with Crippen molar-refractivity contribution in [3.8, 4) is 5.75 Å². The van der Waals surface area contributed by atoms with E-state index in [1.54, 1.807) is 42.5 Å². The summed E-state index contributed by atoms with van der Waals surface area (Å²) in [6.45, 7) is -0.436. The third-order valence-corrected chi connectivity index (χ3v) is 3.26. The Morgan fingerprint density at radius 3 is 2.12 bits per heavy atom. The van der Waals surface area contributed by atoms with Crippen LogP contribution in [-0.2, 0) is 9.53 Å². The van der Waals surface area contributed by atoms with Crippen LogP contribution in [0.1, 0.15) is 26.3 Å². The van der Waals surface area contributed by atoms with Crippen molar-refractivity contribution in [2.75, 3.05) is 13.7 Å². The van der Waals surface area contributed by atoms with E-state index in [2.05, 4.69) is 4.74 Å². The molecule has 0 aliphatic heterocycles. The molecule has 0 saturated carbocycles. The molecule has 25 heavy (non-hydrogen) atoms. The van der Waals surface area contributed by atoms with Gasteiger partial charge in [0.25, 0.3) is 0 Å². The van der Waals surface area contributed by atoms with E-state index in [1.165, 1.54) is 25.3 Å². The number of ether oxygens (including phenoxy) is 2. The summed E-state index contributed by atoms with van der Waals surface area (Å²) in [7, 11) is 1.31. The van der Waals surface area contributed by atoms with Crippen LogP contribution < -0.4 is 4.74 Å². The van der Waals surface area contributed by atoms with Gasteiger partial charge in [-0.05, 0) is 48.0 Å². The van der Waals surface area contributed by atoms with Crippen molar-refractivity contribution in [3.63, 3.8) is 0 Å². The first-order chi connectivity index (χ1) is 12.0. The molecule has 6 heteroatoms. The predicted molar refractivity (Wildman–Crippen MR) is 90.7 cm³/mol. The molecule has 0 bridgehead atoms. The molecule has 2 rings (SSSR count). The Balaban J connectivity index is 2.00. The summed E-state index contributed by atoms with van der Waals surface area (Å²) in [5, 5.41) is 8.54. The molecule has 0 heterocycles. The van der Waals surface area contributed by atoms with Crippen LogP contribution in [0.4, 0.5) is 0 Å². The molecule has 128 valence electrons. The molecule has 0 saturated heterocycles. The monoisotopic (exact) mass is 340 g/mol. The lowest BCUT2D eigenvalue weighted by molar-refractivity contribution is -0.139. The van der Waals surface area contributed by atoms with E-state index in [0.717, 1.165) is 5.56 Å². The van der Waals surface area contributed by atoms with Gasteiger partial charge in [0.2, 0.25) is 0 Å². The Labute approximate surface area is 144 Å². The number of hydrogen-bond donors (Lipinski definition) is 1. The van der Waals surface area contributed by atoms with Gasteiger partial charge < -0.3 is 14.6 Å². The molecule has 0 unspecified atom stereocenters. The van der Waals surface area contributed by atoms with Gasteiger partial charge >= 0.3 is 11.9 Å². The average molecular weight is 340 g/mol. The van der Waals surface area contributed by atoms with Gasteiger partial charge in [0.05, 0.1) is 12.7 Å². The van der Waals surface area contributed by atoms with E-state index in [0.29, 0.717) is 16.9 Å². The maximum Gasteiger partial charge on any atom is 0.341 e. The largest absolute Gasteiger partial charge is 0.482 e. The van der Waals surface area contributed by atoms with Crippen LogP contribution in [0.15, 0.2) is 54.6 Å². The van der Waals surface area contributed by atoms with E-state index in [-0.39, 0.29) is 5.78 Å². The van der Waals surface area contributed by atoms with Gasteiger partial charge in [-0.25, -0.2) is 9.59 Å². The molecule has 0 radical (unpaired) electrons. The van der Waals surface area contributed by atoms with Crippen LogP contribution in [0.3, 0.4) is 0 Å². The Morgan fingerprint density at radius 1 is 0.960 bits per heavy atom. The van der Waals surface area contributed by atoms with Gasteiger partial charge in [-0.2, -0.15) is 0 Å². The van der Waals surface area contributed by atoms with Crippen molar-refractivity contribution in [1.82, 2.24) is 0 Å². The normalized spacial score (nSPS) is 10.4. The molecule has 0 aromatic heterocycles. The summed E-state index contributed by atoms with van der Waals surface area (Å²) in [4.78, 5) is 33.9. The number of carbonyl (C=O) groups is 3. The van der Waals surface area contributed by atoms with Crippen molar-refractivity contribution < 1.29 is 29.0 Å². The highest BCUT2D eigenvalue weighted by Gasteiger charge is 2.05. The fraction of sp³-hybridized carbons (Fsp3) is 0.105. The van der Waals surface area contributed by atoms with E-state index < -0.39 is 18.5 Å². The highest BCUT2D eigenvalue weighted by Crippen LogP contribution is 2.14. The standard InChI is InChI=1S/C19H16O6/c1-24-19(23)15-5-2-13(3-6-15)4-11-17(20)14-7-9-16(10-8-14)25-12-18(21)22/h2-11H,12H2,1H3,(H,21,22)/b11-4+. The van der Waals surface area contributed by atoms with E-state index in [9.17, 15) is 14.4 Å². The number of aliphatic carboxylic acids is 1. The number of hydrogen-bond acceptors (Lipinski definition) is 5. The van der Waals surface area contributed by atoms with Gasteiger partial charge in [-0.3, -0.25) is 4.79 Å². The summed E-state index contributed by atoms with van der Waals surface area (Å²) in [5.41, 5.74) is 1.65. The number of rotatable bonds is 7. The van der Waals surface area contributed by atoms with Crippen LogP contribution in [0.2, 0.25) is 0 Å². The van der Waals surface area contributed by atoms with Crippen LogP contribution in [-0.4, -0.2) is 36.5 Å². The fourth-order valence-corrected chi connectivity index (χ4v) is 1.98. The van der Waals surface area contributed by atoms with Crippen LogP contribution in [0.25, 0.3) is 6.08 Å². The molecule has 0 fully saturated rings. The number of carbonyl (C=O) groups excluding carboxylic acids is 2. The molecule has 6 nitrogen and oxygen atoms in total. The SMILES string of the molecule is COC(=O)c1ccc(/C=C/C(=O)c2ccc(OCC(=O)O)cc2)cc1. The van der Waals surface area contributed by atoms with Crippen LogP contribution in [0, 0.1) is 0 Å². The van der Waals surface area contributed by atoms with Crippen molar-refractivity contribution in [1.29, 1.82) is 0 Å². The molecule has 0 aliphatic rings. The van der Waals surface area contributed by atoms with Gasteiger partial charge in [-0.15, -0.1) is 0 Å². The maximum atomic E-state index is 12.1. The lowest BCUT2D eigenvalue weighted by Gasteiger charge is -2.03. The topological polar surface area (TPSA) is 89.9 Å². The molecular weight excluding hydrogens is 324 g/mol. The molecule has 0 aliphatic carbocycles. The number of allylic oxidation sites excluding steroid dienone is 1. The number of methoxy groups -OCH3 is 1.